The number of aromatic nitrogens is 1. The maximum Gasteiger partial charge on any atom is 0.141 e. The Labute approximate surface area is 106 Å². The quantitative estimate of drug-likeness (QED) is 0.901. The SMILES string of the molecule is CCc1cccc(C(C)(O)c2ccc(F)cn2)c1. The van der Waals surface area contributed by atoms with Crippen molar-refractivity contribution in [1.29, 1.82) is 0 Å². The molecule has 0 saturated carbocycles. The van der Waals surface area contributed by atoms with E-state index in [1.165, 1.54) is 12.1 Å². The second-order valence-corrected chi connectivity index (χ2v) is 4.49. The number of nitrogens with zero attached hydrogens (tertiary/aromatic N) is 1. The van der Waals surface area contributed by atoms with Crippen LogP contribution in [0.5, 0.6) is 0 Å². The summed E-state index contributed by atoms with van der Waals surface area (Å²) in [5, 5.41) is 10.6. The van der Waals surface area contributed by atoms with Crippen LogP contribution in [0.15, 0.2) is 42.6 Å². The second kappa shape index (κ2) is 4.86. The van der Waals surface area contributed by atoms with Gasteiger partial charge in [-0.25, -0.2) is 4.39 Å². The van der Waals surface area contributed by atoms with Crippen LogP contribution in [0.1, 0.15) is 30.7 Å². The first-order valence-electron chi connectivity index (χ1n) is 5.98. The van der Waals surface area contributed by atoms with Crippen molar-refractivity contribution in [2.24, 2.45) is 0 Å². The Morgan fingerprint density at radius 1 is 1.28 bits per heavy atom. The number of benzene rings is 1. The van der Waals surface area contributed by atoms with Crippen molar-refractivity contribution in [3.63, 3.8) is 0 Å². The lowest BCUT2D eigenvalue weighted by molar-refractivity contribution is 0.0972. The molecule has 2 aromatic rings. The van der Waals surface area contributed by atoms with Gasteiger partial charge >= 0.3 is 0 Å². The van der Waals surface area contributed by atoms with Gasteiger partial charge in [0.05, 0.1) is 11.9 Å². The second-order valence-electron chi connectivity index (χ2n) is 4.49. The van der Waals surface area contributed by atoms with Crippen LogP contribution >= 0.6 is 0 Å². The number of rotatable bonds is 3. The van der Waals surface area contributed by atoms with Crippen molar-refractivity contribution >= 4 is 0 Å². The van der Waals surface area contributed by atoms with Gasteiger partial charge in [-0.1, -0.05) is 31.2 Å². The smallest absolute Gasteiger partial charge is 0.141 e. The van der Waals surface area contributed by atoms with Gasteiger partial charge in [-0.05, 0) is 36.6 Å². The Morgan fingerprint density at radius 3 is 2.67 bits per heavy atom. The number of aryl methyl sites for hydroxylation is 1. The molecule has 1 heterocycles. The Hall–Kier alpha value is -1.74. The highest BCUT2D eigenvalue weighted by Crippen LogP contribution is 2.28. The van der Waals surface area contributed by atoms with Gasteiger partial charge in [0.15, 0.2) is 0 Å². The van der Waals surface area contributed by atoms with E-state index in [4.69, 9.17) is 0 Å². The zero-order chi connectivity index (χ0) is 13.2. The summed E-state index contributed by atoms with van der Waals surface area (Å²) in [6.07, 6.45) is 2.02. The predicted octanol–water partition coefficient (Wildman–Crippen LogP) is 3.04. The Bertz CT molecular complexity index is 534. The zero-order valence-electron chi connectivity index (χ0n) is 10.5. The van der Waals surface area contributed by atoms with Crippen LogP contribution in [0.2, 0.25) is 0 Å². The summed E-state index contributed by atoms with van der Waals surface area (Å²) in [5.74, 6) is -0.406. The average Bonchev–Trinajstić information content (AvgIpc) is 2.39. The minimum absolute atomic E-state index is 0.406. The molecule has 1 aromatic heterocycles. The number of hydrogen-bond acceptors (Lipinski definition) is 2. The van der Waals surface area contributed by atoms with E-state index >= 15 is 0 Å². The first kappa shape index (κ1) is 12.7. The van der Waals surface area contributed by atoms with Gasteiger partial charge in [-0.15, -0.1) is 0 Å². The molecule has 1 unspecified atom stereocenters. The monoisotopic (exact) mass is 245 g/mol. The maximum absolute atomic E-state index is 12.9. The average molecular weight is 245 g/mol. The summed E-state index contributed by atoms with van der Waals surface area (Å²) in [6, 6.07) is 10.5. The van der Waals surface area contributed by atoms with Crippen LogP contribution < -0.4 is 0 Å². The fourth-order valence-corrected chi connectivity index (χ4v) is 1.91. The van der Waals surface area contributed by atoms with Crippen LogP contribution in [0.25, 0.3) is 0 Å². The van der Waals surface area contributed by atoms with Crippen molar-refractivity contribution in [3.05, 3.63) is 65.2 Å². The van der Waals surface area contributed by atoms with E-state index in [2.05, 4.69) is 11.9 Å². The highest BCUT2D eigenvalue weighted by molar-refractivity contribution is 5.34. The molecule has 94 valence electrons. The van der Waals surface area contributed by atoms with Crippen molar-refractivity contribution in [1.82, 2.24) is 4.98 Å². The molecule has 0 aliphatic heterocycles. The Balaban J connectivity index is 2.43. The van der Waals surface area contributed by atoms with Gasteiger partial charge in [0.1, 0.15) is 11.4 Å². The topological polar surface area (TPSA) is 33.1 Å². The van der Waals surface area contributed by atoms with Crippen molar-refractivity contribution < 1.29 is 9.50 Å². The molecular formula is C15H16FNO. The van der Waals surface area contributed by atoms with Crippen LogP contribution in [-0.4, -0.2) is 10.1 Å². The van der Waals surface area contributed by atoms with Crippen LogP contribution in [0.4, 0.5) is 4.39 Å². The Kier molecular flexibility index (Phi) is 3.43. The van der Waals surface area contributed by atoms with Crippen LogP contribution in [0, 0.1) is 5.82 Å². The van der Waals surface area contributed by atoms with E-state index in [9.17, 15) is 9.50 Å². The van der Waals surface area contributed by atoms with Gasteiger partial charge in [-0.2, -0.15) is 0 Å². The molecule has 0 fully saturated rings. The summed E-state index contributed by atoms with van der Waals surface area (Å²) in [7, 11) is 0. The molecule has 2 rings (SSSR count). The molecule has 0 bridgehead atoms. The highest BCUT2D eigenvalue weighted by Gasteiger charge is 2.27. The van der Waals surface area contributed by atoms with Crippen LogP contribution in [0.3, 0.4) is 0 Å². The lowest BCUT2D eigenvalue weighted by atomic mass is 9.90. The minimum atomic E-state index is -1.21. The number of halogens is 1. The summed E-state index contributed by atoms with van der Waals surface area (Å²) < 4.78 is 12.9. The summed E-state index contributed by atoms with van der Waals surface area (Å²) >= 11 is 0. The van der Waals surface area contributed by atoms with Gasteiger partial charge in [0.25, 0.3) is 0 Å². The number of hydrogen-bond donors (Lipinski definition) is 1. The molecule has 3 heteroatoms. The van der Waals surface area contributed by atoms with E-state index in [1.54, 1.807) is 6.92 Å². The molecule has 0 amide bonds. The number of aliphatic hydroxyl groups is 1. The van der Waals surface area contributed by atoms with Crippen molar-refractivity contribution in [2.45, 2.75) is 25.9 Å². The van der Waals surface area contributed by atoms with E-state index in [0.29, 0.717) is 5.69 Å². The third-order valence-electron chi connectivity index (χ3n) is 3.12. The predicted molar refractivity (Wildman–Crippen MR) is 68.7 cm³/mol. The lowest BCUT2D eigenvalue weighted by Gasteiger charge is -2.23. The highest BCUT2D eigenvalue weighted by atomic mass is 19.1. The molecule has 0 aliphatic carbocycles. The molecule has 1 atom stereocenters. The van der Waals surface area contributed by atoms with Crippen molar-refractivity contribution in [2.75, 3.05) is 0 Å². The molecule has 18 heavy (non-hydrogen) atoms. The first-order valence-corrected chi connectivity index (χ1v) is 5.98. The minimum Gasteiger partial charge on any atom is -0.379 e. The fraction of sp³-hybridized carbons (Fsp3) is 0.267. The standard InChI is InChI=1S/C15H16FNO/c1-3-11-5-4-6-12(9-11)15(2,18)14-8-7-13(16)10-17-14/h4-10,18H,3H2,1-2H3. The van der Waals surface area contributed by atoms with E-state index in [0.717, 1.165) is 23.7 Å². The van der Waals surface area contributed by atoms with E-state index in [-0.39, 0.29) is 0 Å². The van der Waals surface area contributed by atoms with Gasteiger partial charge in [-0.3, -0.25) is 4.98 Å². The molecule has 2 nitrogen and oxygen atoms in total. The van der Waals surface area contributed by atoms with E-state index in [1.807, 2.05) is 24.3 Å². The molecule has 0 saturated heterocycles. The van der Waals surface area contributed by atoms with Gasteiger partial charge < -0.3 is 5.11 Å². The first-order chi connectivity index (χ1) is 8.54. The van der Waals surface area contributed by atoms with Crippen molar-refractivity contribution in [3.8, 4) is 0 Å². The van der Waals surface area contributed by atoms with E-state index < -0.39 is 11.4 Å². The molecule has 1 N–H and O–H groups in total. The fourth-order valence-electron chi connectivity index (χ4n) is 1.91. The normalized spacial score (nSPS) is 14.2. The largest absolute Gasteiger partial charge is 0.379 e. The third-order valence-corrected chi connectivity index (χ3v) is 3.12. The maximum atomic E-state index is 12.9. The molecule has 0 aliphatic rings. The summed E-state index contributed by atoms with van der Waals surface area (Å²) in [5.41, 5.74) is 1.15. The molecular weight excluding hydrogens is 229 g/mol. The lowest BCUT2D eigenvalue weighted by Crippen LogP contribution is -2.24. The Morgan fingerprint density at radius 2 is 2.06 bits per heavy atom. The summed E-state index contributed by atoms with van der Waals surface area (Å²) in [6.45, 7) is 3.73. The molecule has 0 spiro atoms. The third kappa shape index (κ3) is 2.41. The summed E-state index contributed by atoms with van der Waals surface area (Å²) in [4.78, 5) is 3.96. The number of pyridine rings is 1. The zero-order valence-corrected chi connectivity index (χ0v) is 10.5. The van der Waals surface area contributed by atoms with Gasteiger partial charge in [0, 0.05) is 0 Å². The molecule has 0 radical (unpaired) electrons. The molecule has 1 aromatic carbocycles. The van der Waals surface area contributed by atoms with Gasteiger partial charge in [0.2, 0.25) is 0 Å². The van der Waals surface area contributed by atoms with Crippen LogP contribution in [-0.2, 0) is 12.0 Å².